The summed E-state index contributed by atoms with van der Waals surface area (Å²) in [5, 5.41) is 18.1. The molecular formula is C21H20N8. The number of anilines is 1. The molecule has 0 aliphatic carbocycles. The molecule has 5 rings (SSSR count). The van der Waals surface area contributed by atoms with Gasteiger partial charge in [0.1, 0.15) is 18.2 Å². The third-order valence-corrected chi connectivity index (χ3v) is 5.66. The third-order valence-electron chi connectivity index (χ3n) is 5.66. The number of aryl methyl sites for hydroxylation is 1. The topological polar surface area (TPSA) is 99.3 Å². The maximum absolute atomic E-state index is 9.77. The fourth-order valence-corrected chi connectivity index (χ4v) is 4.21. The highest BCUT2D eigenvalue weighted by molar-refractivity contribution is 5.86. The second-order valence-electron chi connectivity index (χ2n) is 7.37. The van der Waals surface area contributed by atoms with E-state index < -0.39 is 0 Å². The fourth-order valence-electron chi connectivity index (χ4n) is 4.21. The number of aromatic nitrogens is 6. The summed E-state index contributed by atoms with van der Waals surface area (Å²) in [6, 6.07) is 10.3. The molecule has 0 atom stereocenters. The van der Waals surface area contributed by atoms with Crippen LogP contribution in [-0.4, -0.2) is 42.8 Å². The van der Waals surface area contributed by atoms with E-state index >= 15 is 0 Å². The maximum Gasteiger partial charge on any atom is 0.177 e. The summed E-state index contributed by atoms with van der Waals surface area (Å²) in [5.41, 5.74) is 5.24. The summed E-state index contributed by atoms with van der Waals surface area (Å²) in [5.74, 6) is 1.42. The molecule has 0 bridgehead atoms. The van der Waals surface area contributed by atoms with E-state index in [0.29, 0.717) is 17.1 Å². The highest BCUT2D eigenvalue weighted by atomic mass is 15.3. The van der Waals surface area contributed by atoms with Gasteiger partial charge in [0.05, 0.1) is 23.1 Å². The lowest BCUT2D eigenvalue weighted by Gasteiger charge is -2.35. The van der Waals surface area contributed by atoms with Gasteiger partial charge in [-0.15, -0.1) is 10.2 Å². The third kappa shape index (κ3) is 3.01. The van der Waals surface area contributed by atoms with Crippen LogP contribution >= 0.6 is 0 Å². The molecule has 4 aromatic rings. The zero-order chi connectivity index (χ0) is 19.8. The van der Waals surface area contributed by atoms with Crippen LogP contribution in [0.5, 0.6) is 0 Å². The molecule has 0 unspecified atom stereocenters. The van der Waals surface area contributed by atoms with E-state index in [1.54, 1.807) is 12.7 Å². The first-order valence-corrected chi connectivity index (χ1v) is 9.66. The molecule has 0 radical (unpaired) electrons. The van der Waals surface area contributed by atoms with Gasteiger partial charge in [0.15, 0.2) is 5.65 Å². The van der Waals surface area contributed by atoms with E-state index in [1.807, 2.05) is 36.0 Å². The van der Waals surface area contributed by atoms with Gasteiger partial charge in [0, 0.05) is 43.4 Å². The van der Waals surface area contributed by atoms with Crippen molar-refractivity contribution in [2.45, 2.75) is 18.8 Å². The molecule has 1 aromatic carbocycles. The Hall–Kier alpha value is -3.73. The molecule has 8 heteroatoms. The van der Waals surface area contributed by atoms with Gasteiger partial charge >= 0.3 is 0 Å². The number of nitrogens with one attached hydrogen (secondary N) is 1. The maximum atomic E-state index is 9.77. The average Bonchev–Trinajstić information content (AvgIpc) is 3.41. The van der Waals surface area contributed by atoms with Crippen LogP contribution in [-0.2, 0) is 7.05 Å². The minimum absolute atomic E-state index is 0.388. The van der Waals surface area contributed by atoms with Gasteiger partial charge < -0.3 is 14.5 Å². The van der Waals surface area contributed by atoms with Crippen LogP contribution in [0.2, 0.25) is 0 Å². The number of H-pyrrole nitrogens is 1. The molecule has 3 aromatic heterocycles. The van der Waals surface area contributed by atoms with Crippen molar-refractivity contribution in [2.24, 2.45) is 7.05 Å². The van der Waals surface area contributed by atoms with E-state index in [9.17, 15) is 5.26 Å². The molecule has 1 saturated heterocycles. The number of rotatable bonds is 3. The minimum Gasteiger partial charge on any atom is -0.370 e. The zero-order valence-corrected chi connectivity index (χ0v) is 16.1. The predicted octanol–water partition coefficient (Wildman–Crippen LogP) is 3.01. The summed E-state index contributed by atoms with van der Waals surface area (Å²) < 4.78 is 2.00. The van der Waals surface area contributed by atoms with Gasteiger partial charge in [0.25, 0.3) is 0 Å². The lowest BCUT2D eigenvalue weighted by Crippen LogP contribution is -2.34. The molecular weight excluding hydrogens is 364 g/mol. The summed E-state index contributed by atoms with van der Waals surface area (Å²) >= 11 is 0. The Morgan fingerprint density at radius 3 is 2.83 bits per heavy atom. The van der Waals surface area contributed by atoms with Gasteiger partial charge in [0.2, 0.25) is 0 Å². The Bertz CT molecular complexity index is 1210. The van der Waals surface area contributed by atoms with Gasteiger partial charge in [-0.1, -0.05) is 12.1 Å². The number of aromatic amines is 1. The molecule has 0 spiro atoms. The van der Waals surface area contributed by atoms with Crippen LogP contribution in [0.15, 0.2) is 43.1 Å². The molecule has 0 amide bonds. The molecule has 29 heavy (non-hydrogen) atoms. The fraction of sp³-hybridized carbons (Fsp3) is 0.286. The van der Waals surface area contributed by atoms with Gasteiger partial charge in [-0.25, -0.2) is 9.97 Å². The van der Waals surface area contributed by atoms with Crippen molar-refractivity contribution in [3.05, 3.63) is 54.5 Å². The Morgan fingerprint density at radius 1 is 1.21 bits per heavy atom. The average molecular weight is 384 g/mol. The van der Waals surface area contributed by atoms with Crippen LogP contribution in [0.1, 0.15) is 30.1 Å². The molecule has 0 saturated carbocycles. The summed E-state index contributed by atoms with van der Waals surface area (Å²) in [6.45, 7) is 1.73. The second kappa shape index (κ2) is 7.02. The van der Waals surface area contributed by atoms with Crippen molar-refractivity contribution >= 4 is 16.9 Å². The van der Waals surface area contributed by atoms with E-state index in [2.05, 4.69) is 42.2 Å². The van der Waals surface area contributed by atoms with Crippen LogP contribution in [0.25, 0.3) is 22.3 Å². The molecule has 1 aliphatic heterocycles. The summed E-state index contributed by atoms with van der Waals surface area (Å²) in [6.07, 6.45) is 7.18. The molecule has 144 valence electrons. The molecule has 8 nitrogen and oxygen atoms in total. The highest BCUT2D eigenvalue weighted by Crippen LogP contribution is 2.37. The van der Waals surface area contributed by atoms with E-state index in [1.165, 1.54) is 0 Å². The van der Waals surface area contributed by atoms with Crippen molar-refractivity contribution < 1.29 is 0 Å². The van der Waals surface area contributed by atoms with E-state index in [4.69, 9.17) is 0 Å². The number of benzene rings is 1. The van der Waals surface area contributed by atoms with E-state index in [-0.39, 0.29) is 0 Å². The quantitative estimate of drug-likeness (QED) is 0.583. The molecule has 1 aliphatic rings. The molecule has 4 heterocycles. The number of fused-ring (bicyclic) bond motifs is 1. The minimum atomic E-state index is 0.388. The van der Waals surface area contributed by atoms with Gasteiger partial charge in [-0.2, -0.15) is 5.26 Å². The lowest BCUT2D eigenvalue weighted by molar-refractivity contribution is 0.474. The van der Waals surface area contributed by atoms with Crippen molar-refractivity contribution in [2.75, 3.05) is 18.0 Å². The number of nitriles is 1. The van der Waals surface area contributed by atoms with Crippen molar-refractivity contribution in [1.82, 2.24) is 29.7 Å². The monoisotopic (exact) mass is 384 g/mol. The number of nitrogens with zero attached hydrogens (tertiary/aromatic N) is 7. The number of para-hydroxylation sites is 1. The molecule has 1 N–H and O–H groups in total. The standard InChI is InChI=1S/C21H20N8/c1-28-13-26-27-21(28)14-5-7-29(8-6-14)19-15(10-22)3-2-4-17(19)16-9-18-20(23-11-16)25-12-24-18/h2-4,9,11-14H,5-8H2,1H3,(H,23,24,25). The first-order valence-electron chi connectivity index (χ1n) is 9.66. The smallest absolute Gasteiger partial charge is 0.177 e. The van der Waals surface area contributed by atoms with Crippen LogP contribution in [0.3, 0.4) is 0 Å². The van der Waals surface area contributed by atoms with Crippen LogP contribution in [0, 0.1) is 11.3 Å². The molecule has 1 fully saturated rings. The van der Waals surface area contributed by atoms with Gasteiger partial charge in [-0.05, 0) is 25.0 Å². The first kappa shape index (κ1) is 17.4. The van der Waals surface area contributed by atoms with Crippen molar-refractivity contribution in [3.63, 3.8) is 0 Å². The SMILES string of the molecule is Cn1cnnc1C1CCN(c2c(C#N)cccc2-c2cnc3nc[nH]c3c2)CC1. The Labute approximate surface area is 167 Å². The number of pyridine rings is 1. The van der Waals surface area contributed by atoms with E-state index in [0.717, 1.165) is 54.1 Å². The Kier molecular flexibility index (Phi) is 4.21. The zero-order valence-electron chi connectivity index (χ0n) is 16.1. The van der Waals surface area contributed by atoms with Crippen molar-refractivity contribution in [3.8, 4) is 17.2 Å². The lowest BCUT2D eigenvalue weighted by atomic mass is 9.93. The normalized spacial score (nSPS) is 15.0. The van der Waals surface area contributed by atoms with Crippen molar-refractivity contribution in [1.29, 1.82) is 5.26 Å². The number of piperidine rings is 1. The Morgan fingerprint density at radius 2 is 2.07 bits per heavy atom. The predicted molar refractivity (Wildman–Crippen MR) is 109 cm³/mol. The van der Waals surface area contributed by atoms with Crippen LogP contribution in [0.4, 0.5) is 5.69 Å². The summed E-state index contributed by atoms with van der Waals surface area (Å²) in [7, 11) is 1.99. The van der Waals surface area contributed by atoms with Gasteiger partial charge in [-0.3, -0.25) is 0 Å². The second-order valence-corrected chi connectivity index (χ2v) is 7.37. The largest absolute Gasteiger partial charge is 0.370 e. The number of imidazole rings is 1. The van der Waals surface area contributed by atoms with Crippen LogP contribution < -0.4 is 4.90 Å². The number of hydrogen-bond acceptors (Lipinski definition) is 6. The Balaban J connectivity index is 1.50. The summed E-state index contributed by atoms with van der Waals surface area (Å²) in [4.78, 5) is 14.1. The number of hydrogen-bond donors (Lipinski definition) is 1. The first-order chi connectivity index (χ1) is 14.2. The highest BCUT2D eigenvalue weighted by Gasteiger charge is 2.27.